The Morgan fingerprint density at radius 1 is 1.10 bits per heavy atom. The number of hydrogen-bond acceptors (Lipinski definition) is 5. The SMILES string of the molecule is CCOC(=O)C(NC(=O)/C(=C/c1ccc(Br)cc1)NC(=O)c1ccc(Br)o1)C(C)C. The van der Waals surface area contributed by atoms with E-state index >= 15 is 0 Å². The van der Waals surface area contributed by atoms with Crippen molar-refractivity contribution in [3.05, 3.63) is 62.6 Å². The second kappa shape index (κ2) is 11.1. The van der Waals surface area contributed by atoms with E-state index in [0.29, 0.717) is 10.2 Å². The van der Waals surface area contributed by atoms with E-state index < -0.39 is 23.8 Å². The Hall–Kier alpha value is -2.39. The van der Waals surface area contributed by atoms with Crippen molar-refractivity contribution in [3.8, 4) is 0 Å². The maximum Gasteiger partial charge on any atom is 0.328 e. The fourth-order valence-electron chi connectivity index (χ4n) is 2.45. The van der Waals surface area contributed by atoms with Crippen LogP contribution in [-0.4, -0.2) is 30.4 Å². The van der Waals surface area contributed by atoms with E-state index in [-0.39, 0.29) is 24.0 Å². The van der Waals surface area contributed by atoms with Gasteiger partial charge >= 0.3 is 5.97 Å². The molecular formula is C21H22Br2N2O5. The van der Waals surface area contributed by atoms with Crippen molar-refractivity contribution < 1.29 is 23.5 Å². The average Bonchev–Trinajstić information content (AvgIpc) is 3.13. The lowest BCUT2D eigenvalue weighted by Crippen LogP contribution is -2.47. The Labute approximate surface area is 191 Å². The number of amides is 2. The van der Waals surface area contributed by atoms with E-state index in [9.17, 15) is 14.4 Å². The molecule has 1 unspecified atom stereocenters. The molecule has 9 heteroatoms. The molecule has 0 saturated heterocycles. The summed E-state index contributed by atoms with van der Waals surface area (Å²) in [6.07, 6.45) is 1.51. The fraction of sp³-hybridized carbons (Fsp3) is 0.286. The van der Waals surface area contributed by atoms with Crippen molar-refractivity contribution in [1.29, 1.82) is 0 Å². The number of ether oxygens (including phenoxy) is 1. The first-order valence-corrected chi connectivity index (χ1v) is 10.8. The summed E-state index contributed by atoms with van der Waals surface area (Å²) in [5.41, 5.74) is 0.645. The molecule has 1 heterocycles. The van der Waals surface area contributed by atoms with Gasteiger partial charge in [0.15, 0.2) is 10.4 Å². The summed E-state index contributed by atoms with van der Waals surface area (Å²) in [6.45, 7) is 5.47. The molecule has 0 saturated carbocycles. The fourth-order valence-corrected chi connectivity index (χ4v) is 3.02. The van der Waals surface area contributed by atoms with Crippen molar-refractivity contribution in [2.45, 2.75) is 26.8 Å². The molecule has 1 aromatic heterocycles. The summed E-state index contributed by atoms with van der Waals surface area (Å²) in [5.74, 6) is -1.94. The lowest BCUT2D eigenvalue weighted by Gasteiger charge is -2.21. The van der Waals surface area contributed by atoms with Gasteiger partial charge in [-0.3, -0.25) is 9.59 Å². The van der Waals surface area contributed by atoms with Gasteiger partial charge in [0.2, 0.25) is 0 Å². The minimum absolute atomic E-state index is 0.0298. The number of furan rings is 1. The predicted molar refractivity (Wildman–Crippen MR) is 119 cm³/mol. The zero-order valence-electron chi connectivity index (χ0n) is 16.7. The van der Waals surface area contributed by atoms with Gasteiger partial charge in [0.1, 0.15) is 11.7 Å². The van der Waals surface area contributed by atoms with Gasteiger partial charge in [-0.2, -0.15) is 0 Å². The monoisotopic (exact) mass is 540 g/mol. The Balaban J connectivity index is 2.31. The summed E-state index contributed by atoms with van der Waals surface area (Å²) in [4.78, 5) is 37.7. The second-order valence-electron chi connectivity index (χ2n) is 6.61. The van der Waals surface area contributed by atoms with Gasteiger partial charge in [0.25, 0.3) is 11.8 Å². The summed E-state index contributed by atoms with van der Waals surface area (Å²) in [6, 6.07) is 9.36. The van der Waals surface area contributed by atoms with E-state index in [1.54, 1.807) is 39.0 Å². The Bertz CT molecular complexity index is 935. The predicted octanol–water partition coefficient (Wildman–Crippen LogP) is 4.28. The standard InChI is InChI=1S/C21H22Br2N2O5/c1-4-29-21(28)18(12(2)3)25-19(26)15(11-13-5-7-14(22)8-6-13)24-20(27)16-9-10-17(23)30-16/h5-12,18H,4H2,1-3H3,(H,24,27)(H,25,26)/b15-11-. The number of esters is 1. The maximum atomic E-state index is 13.0. The summed E-state index contributed by atoms with van der Waals surface area (Å²) in [7, 11) is 0. The number of carbonyl (C=O) groups excluding carboxylic acids is 3. The Kier molecular flexibility index (Phi) is 8.86. The van der Waals surface area contributed by atoms with Crippen LogP contribution < -0.4 is 10.6 Å². The minimum Gasteiger partial charge on any atom is -0.464 e. The summed E-state index contributed by atoms with van der Waals surface area (Å²) in [5, 5.41) is 5.21. The van der Waals surface area contributed by atoms with E-state index in [1.165, 1.54) is 12.1 Å². The zero-order chi connectivity index (χ0) is 22.3. The van der Waals surface area contributed by atoms with Crippen molar-refractivity contribution >= 4 is 55.7 Å². The van der Waals surface area contributed by atoms with Gasteiger partial charge in [-0.05, 0) is 64.7 Å². The van der Waals surface area contributed by atoms with Crippen molar-refractivity contribution in [2.24, 2.45) is 5.92 Å². The quantitative estimate of drug-likeness (QED) is 0.384. The van der Waals surface area contributed by atoms with E-state index in [1.807, 2.05) is 12.1 Å². The molecule has 1 atom stereocenters. The number of nitrogens with one attached hydrogen (secondary N) is 2. The number of carbonyl (C=O) groups is 3. The molecule has 2 rings (SSSR count). The highest BCUT2D eigenvalue weighted by atomic mass is 79.9. The number of benzene rings is 1. The molecule has 0 aliphatic rings. The first-order valence-electron chi connectivity index (χ1n) is 9.22. The molecule has 2 aromatic rings. The third kappa shape index (κ3) is 6.84. The zero-order valence-corrected chi connectivity index (χ0v) is 19.9. The molecule has 0 aliphatic heterocycles. The van der Waals surface area contributed by atoms with Crippen LogP contribution in [0.2, 0.25) is 0 Å². The number of hydrogen-bond donors (Lipinski definition) is 2. The number of rotatable bonds is 8. The molecule has 7 nitrogen and oxygen atoms in total. The van der Waals surface area contributed by atoms with Crippen LogP contribution in [0.3, 0.4) is 0 Å². The molecule has 0 bridgehead atoms. The van der Waals surface area contributed by atoms with Gasteiger partial charge < -0.3 is 19.8 Å². The number of halogens is 2. The summed E-state index contributed by atoms with van der Waals surface area (Å²) < 4.78 is 11.6. The van der Waals surface area contributed by atoms with Crippen LogP contribution >= 0.6 is 31.9 Å². The van der Waals surface area contributed by atoms with Gasteiger partial charge in [0, 0.05) is 4.47 Å². The van der Waals surface area contributed by atoms with Gasteiger partial charge in [-0.25, -0.2) is 4.79 Å². The second-order valence-corrected chi connectivity index (χ2v) is 8.31. The van der Waals surface area contributed by atoms with Gasteiger partial charge in [0.05, 0.1) is 6.61 Å². The van der Waals surface area contributed by atoms with Crippen LogP contribution in [0.5, 0.6) is 0 Å². The third-order valence-corrected chi connectivity index (χ3v) is 4.92. The molecule has 0 radical (unpaired) electrons. The third-order valence-electron chi connectivity index (χ3n) is 3.96. The molecule has 30 heavy (non-hydrogen) atoms. The molecule has 0 spiro atoms. The van der Waals surface area contributed by atoms with Gasteiger partial charge in [-0.15, -0.1) is 0 Å². The van der Waals surface area contributed by atoms with E-state index in [4.69, 9.17) is 9.15 Å². The normalized spacial score (nSPS) is 12.4. The van der Waals surface area contributed by atoms with Crippen molar-refractivity contribution in [2.75, 3.05) is 6.61 Å². The van der Waals surface area contributed by atoms with E-state index in [0.717, 1.165) is 4.47 Å². The van der Waals surface area contributed by atoms with Gasteiger partial charge in [-0.1, -0.05) is 41.9 Å². The van der Waals surface area contributed by atoms with Crippen LogP contribution in [0, 0.1) is 5.92 Å². The molecule has 160 valence electrons. The molecule has 2 N–H and O–H groups in total. The van der Waals surface area contributed by atoms with Crippen LogP contribution in [0.4, 0.5) is 0 Å². The first kappa shape index (κ1) is 23.9. The lowest BCUT2D eigenvalue weighted by atomic mass is 10.0. The Morgan fingerprint density at radius 3 is 2.30 bits per heavy atom. The molecule has 0 aliphatic carbocycles. The maximum absolute atomic E-state index is 13.0. The molecular weight excluding hydrogens is 520 g/mol. The molecule has 2 amide bonds. The summed E-state index contributed by atoms with van der Waals surface area (Å²) >= 11 is 6.49. The smallest absolute Gasteiger partial charge is 0.328 e. The lowest BCUT2D eigenvalue weighted by molar-refractivity contribution is -0.148. The molecule has 1 aromatic carbocycles. The van der Waals surface area contributed by atoms with Crippen LogP contribution in [-0.2, 0) is 14.3 Å². The Morgan fingerprint density at radius 2 is 1.77 bits per heavy atom. The first-order chi connectivity index (χ1) is 14.2. The molecule has 0 fully saturated rings. The van der Waals surface area contributed by atoms with Crippen LogP contribution in [0.1, 0.15) is 36.9 Å². The van der Waals surface area contributed by atoms with Crippen molar-refractivity contribution in [3.63, 3.8) is 0 Å². The highest BCUT2D eigenvalue weighted by Gasteiger charge is 2.27. The average molecular weight is 542 g/mol. The highest BCUT2D eigenvalue weighted by molar-refractivity contribution is 9.10. The van der Waals surface area contributed by atoms with Crippen LogP contribution in [0.15, 0.2) is 55.7 Å². The minimum atomic E-state index is -0.861. The topological polar surface area (TPSA) is 97.6 Å². The highest BCUT2D eigenvalue weighted by Crippen LogP contribution is 2.16. The van der Waals surface area contributed by atoms with Crippen molar-refractivity contribution in [1.82, 2.24) is 10.6 Å². The van der Waals surface area contributed by atoms with E-state index in [2.05, 4.69) is 42.5 Å². The largest absolute Gasteiger partial charge is 0.464 e. The van der Waals surface area contributed by atoms with Crippen LogP contribution in [0.25, 0.3) is 6.08 Å².